The Balaban J connectivity index is 2.06. The van der Waals surface area contributed by atoms with Crippen molar-refractivity contribution in [3.8, 4) is 5.75 Å². The molecule has 0 atom stereocenters. The van der Waals surface area contributed by atoms with Crippen LogP contribution in [0, 0.1) is 0 Å². The fourth-order valence-corrected chi connectivity index (χ4v) is 4.12. The zero-order chi connectivity index (χ0) is 17.2. The van der Waals surface area contributed by atoms with Gasteiger partial charge in [0.2, 0.25) is 8.32 Å². The van der Waals surface area contributed by atoms with E-state index in [9.17, 15) is 0 Å². The van der Waals surface area contributed by atoms with Gasteiger partial charge in [0.15, 0.2) is 0 Å². The van der Waals surface area contributed by atoms with E-state index in [4.69, 9.17) is 9.16 Å². The molecule has 1 aliphatic rings. The molecule has 0 fully saturated rings. The number of hydrogen-bond donors (Lipinski definition) is 0. The Kier molecular flexibility index (Phi) is 4.81. The second kappa shape index (κ2) is 6.86. The summed E-state index contributed by atoms with van der Waals surface area (Å²) in [5, 5.41) is 0. The van der Waals surface area contributed by atoms with Crippen molar-refractivity contribution in [3.05, 3.63) is 70.8 Å². The molecule has 0 radical (unpaired) electrons. The van der Waals surface area contributed by atoms with Crippen molar-refractivity contribution < 1.29 is 9.16 Å². The van der Waals surface area contributed by atoms with Gasteiger partial charge in [-0.05, 0) is 56.1 Å². The number of methoxy groups -OCH3 is 1. The smallest absolute Gasteiger partial charge is 0.242 e. The van der Waals surface area contributed by atoms with E-state index < -0.39 is 8.32 Å². The van der Waals surface area contributed by atoms with Crippen LogP contribution in [0.15, 0.2) is 54.1 Å². The topological polar surface area (TPSA) is 18.5 Å². The normalized spacial score (nSPS) is 14.3. The van der Waals surface area contributed by atoms with Crippen LogP contribution >= 0.6 is 0 Å². The van der Waals surface area contributed by atoms with Crippen LogP contribution in [0.1, 0.15) is 23.1 Å². The van der Waals surface area contributed by atoms with Crippen LogP contribution in [0.4, 0.5) is 0 Å². The molecule has 0 aromatic heterocycles. The standard InChI is InChI=1S/C21H26O2Si/c1-22-20-12-8-11-19-18(20)14-13-17(21(19)23-24(2,3)4)15-16-9-6-5-7-10-16/h5-12H,13-15H2,1-4H3. The lowest BCUT2D eigenvalue weighted by molar-refractivity contribution is 0.407. The van der Waals surface area contributed by atoms with E-state index in [1.54, 1.807) is 7.11 Å². The van der Waals surface area contributed by atoms with E-state index in [0.29, 0.717) is 0 Å². The number of benzene rings is 2. The van der Waals surface area contributed by atoms with Gasteiger partial charge in [0, 0.05) is 11.1 Å². The third-order valence-electron chi connectivity index (χ3n) is 4.26. The molecule has 0 N–H and O–H groups in total. The van der Waals surface area contributed by atoms with E-state index in [1.165, 1.54) is 22.3 Å². The fraction of sp³-hybridized carbons (Fsp3) is 0.333. The molecule has 0 amide bonds. The maximum Gasteiger partial charge on any atom is 0.242 e. The summed E-state index contributed by atoms with van der Waals surface area (Å²) in [4.78, 5) is 0. The molecule has 0 spiro atoms. The van der Waals surface area contributed by atoms with Crippen molar-refractivity contribution in [1.82, 2.24) is 0 Å². The summed E-state index contributed by atoms with van der Waals surface area (Å²) in [6.45, 7) is 6.73. The molecule has 2 aromatic rings. The van der Waals surface area contributed by atoms with E-state index in [1.807, 2.05) is 6.07 Å². The zero-order valence-corrected chi connectivity index (χ0v) is 16.1. The Bertz CT molecular complexity index is 742. The van der Waals surface area contributed by atoms with Crippen LogP contribution in [0.5, 0.6) is 5.75 Å². The molecule has 0 heterocycles. The maximum atomic E-state index is 6.55. The summed E-state index contributed by atoms with van der Waals surface area (Å²) in [5.41, 5.74) is 5.25. The van der Waals surface area contributed by atoms with Crippen LogP contribution in [0.3, 0.4) is 0 Å². The molecule has 2 nitrogen and oxygen atoms in total. The average molecular weight is 339 g/mol. The quantitative estimate of drug-likeness (QED) is 0.675. The monoisotopic (exact) mass is 338 g/mol. The minimum absolute atomic E-state index is 0.956. The van der Waals surface area contributed by atoms with Crippen molar-refractivity contribution >= 4 is 14.1 Å². The highest BCUT2D eigenvalue weighted by Gasteiger charge is 2.27. The summed E-state index contributed by atoms with van der Waals surface area (Å²) in [6, 6.07) is 17.0. The number of fused-ring (bicyclic) bond motifs is 1. The van der Waals surface area contributed by atoms with Crippen molar-refractivity contribution in [1.29, 1.82) is 0 Å². The van der Waals surface area contributed by atoms with Crippen molar-refractivity contribution in [2.75, 3.05) is 7.11 Å². The molecule has 2 aromatic carbocycles. The number of rotatable bonds is 5. The van der Waals surface area contributed by atoms with Gasteiger partial charge in [-0.25, -0.2) is 0 Å². The van der Waals surface area contributed by atoms with Gasteiger partial charge in [-0.1, -0.05) is 42.5 Å². The van der Waals surface area contributed by atoms with Crippen molar-refractivity contribution in [2.45, 2.75) is 38.9 Å². The largest absolute Gasteiger partial charge is 0.544 e. The Labute approximate surface area is 146 Å². The average Bonchev–Trinajstić information content (AvgIpc) is 2.56. The van der Waals surface area contributed by atoms with Gasteiger partial charge in [0.05, 0.1) is 7.11 Å². The van der Waals surface area contributed by atoms with Gasteiger partial charge in [0.1, 0.15) is 11.5 Å². The highest BCUT2D eigenvalue weighted by atomic mass is 28.4. The van der Waals surface area contributed by atoms with Gasteiger partial charge in [-0.3, -0.25) is 0 Å². The van der Waals surface area contributed by atoms with E-state index in [-0.39, 0.29) is 0 Å². The Morgan fingerprint density at radius 1 is 0.917 bits per heavy atom. The molecule has 24 heavy (non-hydrogen) atoms. The summed E-state index contributed by atoms with van der Waals surface area (Å²) in [6.07, 6.45) is 3.00. The van der Waals surface area contributed by atoms with Crippen LogP contribution < -0.4 is 4.74 Å². The zero-order valence-electron chi connectivity index (χ0n) is 15.1. The van der Waals surface area contributed by atoms with Gasteiger partial charge in [0.25, 0.3) is 0 Å². The Hall–Kier alpha value is -2.00. The molecule has 3 rings (SSSR count). The summed E-state index contributed by atoms with van der Waals surface area (Å²) in [5.74, 6) is 2.07. The highest BCUT2D eigenvalue weighted by Crippen LogP contribution is 2.39. The highest BCUT2D eigenvalue weighted by molar-refractivity contribution is 6.70. The van der Waals surface area contributed by atoms with Gasteiger partial charge in [-0.2, -0.15) is 0 Å². The third kappa shape index (κ3) is 3.73. The van der Waals surface area contributed by atoms with Gasteiger partial charge >= 0.3 is 0 Å². The molecule has 0 bridgehead atoms. The Morgan fingerprint density at radius 2 is 1.67 bits per heavy atom. The second-order valence-corrected chi connectivity index (χ2v) is 11.7. The molecule has 126 valence electrons. The first kappa shape index (κ1) is 16.8. The van der Waals surface area contributed by atoms with Crippen molar-refractivity contribution in [3.63, 3.8) is 0 Å². The summed E-state index contributed by atoms with van der Waals surface area (Å²) in [7, 11) is 0.0495. The lowest BCUT2D eigenvalue weighted by Gasteiger charge is -2.30. The molecule has 0 saturated carbocycles. The number of hydrogen-bond acceptors (Lipinski definition) is 2. The maximum absolute atomic E-state index is 6.55. The van der Waals surface area contributed by atoms with E-state index in [2.05, 4.69) is 62.1 Å². The SMILES string of the molecule is COc1cccc2c1CCC(Cc1ccccc1)=C2O[Si](C)(C)C. The van der Waals surface area contributed by atoms with E-state index >= 15 is 0 Å². The fourth-order valence-electron chi connectivity index (χ4n) is 3.25. The molecular formula is C21H26O2Si. The molecule has 0 saturated heterocycles. The second-order valence-electron chi connectivity index (χ2n) is 7.30. The predicted molar refractivity (Wildman–Crippen MR) is 103 cm³/mol. The first-order chi connectivity index (χ1) is 11.5. The molecule has 3 heteroatoms. The summed E-state index contributed by atoms with van der Waals surface area (Å²) < 4.78 is 12.1. The van der Waals surface area contributed by atoms with Crippen LogP contribution in [-0.2, 0) is 17.3 Å². The minimum atomic E-state index is -1.70. The molecule has 0 aliphatic heterocycles. The van der Waals surface area contributed by atoms with Crippen LogP contribution in [0.25, 0.3) is 5.76 Å². The predicted octanol–water partition coefficient (Wildman–Crippen LogP) is 5.45. The summed E-state index contributed by atoms with van der Waals surface area (Å²) >= 11 is 0. The van der Waals surface area contributed by atoms with Crippen LogP contribution in [-0.4, -0.2) is 15.4 Å². The molecule has 1 aliphatic carbocycles. The van der Waals surface area contributed by atoms with Gasteiger partial charge < -0.3 is 9.16 Å². The first-order valence-electron chi connectivity index (χ1n) is 8.59. The van der Waals surface area contributed by atoms with Gasteiger partial charge in [-0.15, -0.1) is 0 Å². The molecule has 0 unspecified atom stereocenters. The lowest BCUT2D eigenvalue weighted by Crippen LogP contribution is -2.26. The number of allylic oxidation sites excluding steroid dienone is 1. The minimum Gasteiger partial charge on any atom is -0.544 e. The van der Waals surface area contributed by atoms with Crippen LogP contribution in [0.2, 0.25) is 19.6 Å². The third-order valence-corrected chi connectivity index (χ3v) is 5.08. The van der Waals surface area contributed by atoms with E-state index in [0.717, 1.165) is 30.8 Å². The lowest BCUT2D eigenvalue weighted by atomic mass is 9.87. The first-order valence-corrected chi connectivity index (χ1v) is 12.0. The number of ether oxygens (including phenoxy) is 1. The Morgan fingerprint density at radius 3 is 2.33 bits per heavy atom. The van der Waals surface area contributed by atoms with Crippen molar-refractivity contribution in [2.24, 2.45) is 0 Å². The molecular weight excluding hydrogens is 312 g/mol.